The van der Waals surface area contributed by atoms with Crippen LogP contribution in [0, 0.1) is 0 Å². The Labute approximate surface area is 177 Å². The predicted molar refractivity (Wildman–Crippen MR) is 119 cm³/mol. The molecule has 4 rings (SSSR count). The third kappa shape index (κ3) is 3.96. The van der Waals surface area contributed by atoms with E-state index in [4.69, 9.17) is 0 Å². The summed E-state index contributed by atoms with van der Waals surface area (Å²) >= 11 is 0. The Balaban J connectivity index is 1.62. The molecule has 1 N–H and O–H groups in total. The van der Waals surface area contributed by atoms with Crippen molar-refractivity contribution in [3.8, 4) is 0 Å². The van der Waals surface area contributed by atoms with Crippen LogP contribution in [0.25, 0.3) is 0 Å². The zero-order valence-electron chi connectivity index (χ0n) is 17.0. The summed E-state index contributed by atoms with van der Waals surface area (Å²) in [6, 6.07) is 22.4. The summed E-state index contributed by atoms with van der Waals surface area (Å²) in [5.74, 6) is -0.0372. The molecule has 0 saturated carbocycles. The van der Waals surface area contributed by atoms with Crippen molar-refractivity contribution in [1.29, 1.82) is 0 Å². The zero-order chi connectivity index (χ0) is 21.3. The summed E-state index contributed by atoms with van der Waals surface area (Å²) in [7, 11) is -3.76. The highest BCUT2D eigenvalue weighted by Gasteiger charge is 2.30. The number of amides is 1. The van der Waals surface area contributed by atoms with Gasteiger partial charge in [-0.15, -0.1) is 0 Å². The Morgan fingerprint density at radius 3 is 2.47 bits per heavy atom. The van der Waals surface area contributed by atoms with Crippen LogP contribution < -0.4 is 9.62 Å². The van der Waals surface area contributed by atoms with Crippen LogP contribution in [0.2, 0.25) is 0 Å². The van der Waals surface area contributed by atoms with Crippen LogP contribution in [0.1, 0.15) is 30.5 Å². The second kappa shape index (κ2) is 7.95. The summed E-state index contributed by atoms with van der Waals surface area (Å²) in [6.45, 7) is 3.50. The van der Waals surface area contributed by atoms with Crippen molar-refractivity contribution >= 4 is 27.3 Å². The molecule has 0 saturated heterocycles. The lowest BCUT2D eigenvalue weighted by Gasteiger charge is -2.20. The molecule has 6 heteroatoms. The van der Waals surface area contributed by atoms with E-state index in [1.165, 1.54) is 6.92 Å². The molecule has 1 unspecified atom stereocenters. The van der Waals surface area contributed by atoms with E-state index >= 15 is 0 Å². The number of carbonyl (C=O) groups excluding carboxylic acids is 1. The van der Waals surface area contributed by atoms with Crippen molar-refractivity contribution in [1.82, 2.24) is 0 Å². The van der Waals surface area contributed by atoms with Crippen LogP contribution >= 0.6 is 0 Å². The highest BCUT2D eigenvalue weighted by molar-refractivity contribution is 7.92. The van der Waals surface area contributed by atoms with Crippen LogP contribution in [0.15, 0.2) is 77.7 Å². The van der Waals surface area contributed by atoms with Crippen molar-refractivity contribution in [2.75, 3.05) is 9.62 Å². The Morgan fingerprint density at radius 2 is 1.73 bits per heavy atom. The molecule has 0 aromatic heterocycles. The normalized spacial score (nSPS) is 15.7. The van der Waals surface area contributed by atoms with Gasteiger partial charge in [0.2, 0.25) is 5.91 Å². The van der Waals surface area contributed by atoms with Gasteiger partial charge in [-0.1, -0.05) is 48.5 Å². The minimum Gasteiger partial charge on any atom is -0.309 e. The SMILES string of the molecule is CC(=O)N1c2ccc(S(=O)(=O)Nc3ccccc3Cc3ccccc3)cc2CC1C. The first-order chi connectivity index (χ1) is 14.3. The minimum absolute atomic E-state index is 0.0232. The Hall–Kier alpha value is -3.12. The number of hydrogen-bond acceptors (Lipinski definition) is 3. The smallest absolute Gasteiger partial charge is 0.261 e. The number of carbonyl (C=O) groups is 1. The fourth-order valence-corrected chi connectivity index (χ4v) is 5.20. The number of nitrogens with zero attached hydrogens (tertiary/aromatic N) is 1. The molecule has 3 aromatic carbocycles. The van der Waals surface area contributed by atoms with E-state index in [9.17, 15) is 13.2 Å². The van der Waals surface area contributed by atoms with E-state index in [0.717, 1.165) is 22.4 Å². The Morgan fingerprint density at radius 1 is 1.03 bits per heavy atom. The number of para-hydroxylation sites is 1. The molecule has 5 nitrogen and oxygen atoms in total. The summed E-state index contributed by atoms with van der Waals surface area (Å²) in [6.07, 6.45) is 1.28. The Kier molecular flexibility index (Phi) is 5.35. The maximum absolute atomic E-state index is 13.1. The van der Waals surface area contributed by atoms with Gasteiger partial charge in [-0.25, -0.2) is 8.42 Å². The predicted octanol–water partition coefficient (Wildman–Crippen LogP) is 4.38. The quantitative estimate of drug-likeness (QED) is 0.666. The molecule has 1 atom stereocenters. The number of fused-ring (bicyclic) bond motifs is 1. The summed E-state index contributed by atoms with van der Waals surface area (Å²) < 4.78 is 29.0. The molecular formula is C24H24N2O3S. The Bertz CT molecular complexity index is 1190. The van der Waals surface area contributed by atoms with Crippen LogP contribution in [0.5, 0.6) is 0 Å². The first-order valence-corrected chi connectivity index (χ1v) is 11.4. The third-order valence-corrected chi connectivity index (χ3v) is 6.78. The topological polar surface area (TPSA) is 66.5 Å². The lowest BCUT2D eigenvalue weighted by molar-refractivity contribution is -0.116. The number of hydrogen-bond donors (Lipinski definition) is 1. The van der Waals surface area contributed by atoms with Gasteiger partial charge in [0.25, 0.3) is 10.0 Å². The summed E-state index contributed by atoms with van der Waals surface area (Å²) in [5.41, 5.74) is 4.25. The molecule has 1 aliphatic heterocycles. The van der Waals surface area contributed by atoms with E-state index in [1.54, 1.807) is 29.2 Å². The van der Waals surface area contributed by atoms with Gasteiger partial charge in [0.05, 0.1) is 10.6 Å². The van der Waals surface area contributed by atoms with Crippen LogP contribution in [-0.2, 0) is 27.7 Å². The number of nitrogens with one attached hydrogen (secondary N) is 1. The standard InChI is InChI=1S/C24H24N2O3S/c1-17-14-21-16-22(12-13-24(21)26(17)18(2)27)30(28,29)25-23-11-7-6-10-20(23)15-19-8-4-3-5-9-19/h3-13,16-17,25H,14-15H2,1-2H3. The van der Waals surface area contributed by atoms with Gasteiger partial charge in [0, 0.05) is 18.7 Å². The molecule has 0 fully saturated rings. The van der Waals surface area contributed by atoms with E-state index in [0.29, 0.717) is 18.5 Å². The molecule has 1 aliphatic rings. The van der Waals surface area contributed by atoms with Crippen LogP contribution in [0.4, 0.5) is 11.4 Å². The van der Waals surface area contributed by atoms with Gasteiger partial charge >= 0.3 is 0 Å². The van der Waals surface area contributed by atoms with Crippen molar-refractivity contribution in [2.24, 2.45) is 0 Å². The summed E-state index contributed by atoms with van der Waals surface area (Å²) in [4.78, 5) is 13.8. The molecule has 3 aromatic rings. The van der Waals surface area contributed by atoms with Gasteiger partial charge < -0.3 is 4.90 Å². The largest absolute Gasteiger partial charge is 0.309 e. The number of sulfonamides is 1. The van der Waals surface area contributed by atoms with E-state index in [2.05, 4.69) is 4.72 Å². The fraction of sp³-hybridized carbons (Fsp3) is 0.208. The first kappa shape index (κ1) is 20.2. The maximum atomic E-state index is 13.1. The minimum atomic E-state index is -3.76. The van der Waals surface area contributed by atoms with Gasteiger partial charge in [-0.3, -0.25) is 9.52 Å². The van der Waals surface area contributed by atoms with Crippen molar-refractivity contribution in [3.63, 3.8) is 0 Å². The lowest BCUT2D eigenvalue weighted by Crippen LogP contribution is -2.33. The van der Waals surface area contributed by atoms with E-state index in [-0.39, 0.29) is 16.8 Å². The van der Waals surface area contributed by atoms with Crippen molar-refractivity contribution in [3.05, 3.63) is 89.5 Å². The first-order valence-electron chi connectivity index (χ1n) is 9.92. The molecular weight excluding hydrogens is 396 g/mol. The second-order valence-electron chi connectivity index (χ2n) is 7.66. The summed E-state index contributed by atoms with van der Waals surface area (Å²) in [5, 5.41) is 0. The number of benzene rings is 3. The molecule has 0 radical (unpaired) electrons. The average Bonchev–Trinajstić information content (AvgIpc) is 3.05. The average molecular weight is 421 g/mol. The molecule has 30 heavy (non-hydrogen) atoms. The molecule has 0 aliphatic carbocycles. The second-order valence-corrected chi connectivity index (χ2v) is 9.34. The maximum Gasteiger partial charge on any atom is 0.261 e. The molecule has 0 bridgehead atoms. The van der Waals surface area contributed by atoms with Gasteiger partial charge in [0.1, 0.15) is 0 Å². The van der Waals surface area contributed by atoms with Crippen LogP contribution in [0.3, 0.4) is 0 Å². The van der Waals surface area contributed by atoms with E-state index in [1.807, 2.05) is 55.5 Å². The zero-order valence-corrected chi connectivity index (χ0v) is 17.8. The lowest BCUT2D eigenvalue weighted by atomic mass is 10.0. The molecule has 154 valence electrons. The third-order valence-electron chi connectivity index (χ3n) is 5.42. The van der Waals surface area contributed by atoms with E-state index < -0.39 is 10.0 Å². The van der Waals surface area contributed by atoms with Crippen molar-refractivity contribution in [2.45, 2.75) is 37.6 Å². The van der Waals surface area contributed by atoms with Crippen LogP contribution in [-0.4, -0.2) is 20.4 Å². The fourth-order valence-electron chi connectivity index (χ4n) is 4.05. The molecule has 1 heterocycles. The molecule has 0 spiro atoms. The highest BCUT2D eigenvalue weighted by Crippen LogP contribution is 2.34. The molecule has 1 amide bonds. The number of anilines is 2. The number of rotatable bonds is 5. The van der Waals surface area contributed by atoms with Gasteiger partial charge in [0.15, 0.2) is 0 Å². The monoisotopic (exact) mass is 420 g/mol. The van der Waals surface area contributed by atoms with Gasteiger partial charge in [-0.2, -0.15) is 0 Å². The highest BCUT2D eigenvalue weighted by atomic mass is 32.2. The van der Waals surface area contributed by atoms with Crippen molar-refractivity contribution < 1.29 is 13.2 Å². The van der Waals surface area contributed by atoms with Gasteiger partial charge in [-0.05, 0) is 60.7 Å².